The summed E-state index contributed by atoms with van der Waals surface area (Å²) in [6.45, 7) is 0. The number of para-hydroxylation sites is 1. The van der Waals surface area contributed by atoms with Crippen molar-refractivity contribution in [1.29, 1.82) is 0 Å². The van der Waals surface area contributed by atoms with Gasteiger partial charge in [0.15, 0.2) is 5.75 Å². The van der Waals surface area contributed by atoms with Crippen LogP contribution < -0.4 is 4.74 Å². The van der Waals surface area contributed by atoms with Crippen molar-refractivity contribution in [3.8, 4) is 11.5 Å². The maximum atomic E-state index is 5.80. The molecule has 82 valence electrons. The molecule has 2 aromatic rings. The lowest BCUT2D eigenvalue weighted by molar-refractivity contribution is 0.476. The van der Waals surface area contributed by atoms with Crippen LogP contribution in [-0.2, 0) is 0 Å². The van der Waals surface area contributed by atoms with Gasteiger partial charge in [-0.2, -0.15) is 0 Å². The maximum Gasteiger partial charge on any atom is 0.155 e. The first kappa shape index (κ1) is 12.1. The van der Waals surface area contributed by atoms with Crippen molar-refractivity contribution in [2.45, 2.75) is 0 Å². The third-order valence-corrected chi connectivity index (χ3v) is 3.68. The zero-order valence-corrected chi connectivity index (χ0v) is 12.8. The molecule has 0 aromatic heterocycles. The first-order chi connectivity index (χ1) is 7.66. The smallest absolute Gasteiger partial charge is 0.155 e. The van der Waals surface area contributed by atoms with Gasteiger partial charge in [-0.05, 0) is 62.2 Å². The van der Waals surface area contributed by atoms with E-state index in [0.717, 1.165) is 24.9 Å². The Morgan fingerprint density at radius 2 is 1.44 bits per heavy atom. The second kappa shape index (κ2) is 5.34. The van der Waals surface area contributed by atoms with Gasteiger partial charge in [0, 0.05) is 4.47 Å². The number of rotatable bonds is 2. The first-order valence-corrected chi connectivity index (χ1v) is 6.92. The fraction of sp³-hybridized carbons (Fsp3) is 0. The zero-order valence-electron chi connectivity index (χ0n) is 8.08. The van der Waals surface area contributed by atoms with Gasteiger partial charge >= 0.3 is 0 Å². The summed E-state index contributed by atoms with van der Waals surface area (Å²) in [5.41, 5.74) is 0. The summed E-state index contributed by atoms with van der Waals surface area (Å²) < 4.78 is 8.63. The standard InChI is InChI=1S/C12H7Br3O/c13-8-3-1-4-9(7-8)16-12-10(14)5-2-6-11(12)15/h1-7H/i1+1,2+1,3+1,4+1,5+1,6+1,7+1,8+1,9+1,10+1,11+1,12+1. The van der Waals surface area contributed by atoms with Crippen LogP contribution in [-0.4, -0.2) is 0 Å². The molecule has 0 unspecified atom stereocenters. The Balaban J connectivity index is 2.34. The summed E-state index contributed by atoms with van der Waals surface area (Å²) >= 11 is 10.3. The molecule has 0 radical (unpaired) electrons. The molecule has 0 heterocycles. The molecule has 0 aliphatic carbocycles. The van der Waals surface area contributed by atoms with Crippen LogP contribution in [0, 0.1) is 0 Å². The van der Waals surface area contributed by atoms with Crippen molar-refractivity contribution in [3.63, 3.8) is 0 Å². The minimum atomic E-state index is 0.778. The van der Waals surface area contributed by atoms with E-state index in [2.05, 4.69) is 47.8 Å². The molecule has 0 spiro atoms. The summed E-state index contributed by atoms with van der Waals surface area (Å²) in [7, 11) is 0. The predicted molar refractivity (Wildman–Crippen MR) is 76.1 cm³/mol. The van der Waals surface area contributed by atoms with Crippen molar-refractivity contribution >= 4 is 47.8 Å². The highest BCUT2D eigenvalue weighted by Gasteiger charge is 2.07. The Morgan fingerprint density at radius 3 is 2.06 bits per heavy atom. The average molecular weight is 419 g/mol. The predicted octanol–water partition coefficient (Wildman–Crippen LogP) is 5.77. The third-order valence-electron chi connectivity index (χ3n) is 1.93. The first-order valence-electron chi connectivity index (χ1n) is 4.54. The van der Waals surface area contributed by atoms with Crippen molar-refractivity contribution in [3.05, 3.63) is 55.9 Å². The number of hydrogen-bond donors (Lipinski definition) is 0. The van der Waals surface area contributed by atoms with Crippen molar-refractivity contribution in [1.82, 2.24) is 0 Å². The van der Waals surface area contributed by atoms with E-state index in [0.29, 0.717) is 0 Å². The molecular formula is C12H7Br3O. The van der Waals surface area contributed by atoms with Crippen LogP contribution >= 0.6 is 47.8 Å². The molecule has 0 fully saturated rings. The molecule has 0 aliphatic heterocycles. The van der Waals surface area contributed by atoms with Gasteiger partial charge in [0.05, 0.1) is 8.95 Å². The van der Waals surface area contributed by atoms with E-state index in [4.69, 9.17) is 4.74 Å². The maximum absolute atomic E-state index is 5.80. The number of halogens is 3. The molecule has 2 rings (SSSR count). The molecule has 1 nitrogen and oxygen atoms in total. The Bertz CT molecular complexity index is 491. The van der Waals surface area contributed by atoms with Crippen molar-refractivity contribution in [2.24, 2.45) is 0 Å². The SMILES string of the molecule is Br[13c]1[13cH][13cH][13cH][13c](O[13c]2[13c](Br)[13cH][13cH][13cH][13c]2Br)[13cH]1. The fourth-order valence-electron chi connectivity index (χ4n) is 1.23. The Labute approximate surface area is 119 Å². The summed E-state index contributed by atoms with van der Waals surface area (Å²) in [5, 5.41) is 0. The molecule has 0 aliphatic rings. The van der Waals surface area contributed by atoms with Crippen LogP contribution in [0.1, 0.15) is 0 Å². The fourth-order valence-corrected chi connectivity index (χ4v) is 2.77. The molecule has 0 atom stereocenters. The van der Waals surface area contributed by atoms with Crippen LogP contribution in [0.5, 0.6) is 11.5 Å². The monoisotopic (exact) mass is 416 g/mol. The lowest BCUT2D eigenvalue weighted by atomic mass is 11.3. The molecule has 0 N–H and O–H groups in total. The minimum absolute atomic E-state index is 0.778. The van der Waals surface area contributed by atoms with Gasteiger partial charge in [0.2, 0.25) is 0 Å². The largest absolute Gasteiger partial charge is 0.455 e. The van der Waals surface area contributed by atoms with Gasteiger partial charge < -0.3 is 4.74 Å². The van der Waals surface area contributed by atoms with Crippen LogP contribution in [0.2, 0.25) is 0 Å². The van der Waals surface area contributed by atoms with Gasteiger partial charge in [0.25, 0.3) is 0 Å². The molecule has 16 heavy (non-hydrogen) atoms. The van der Waals surface area contributed by atoms with Crippen molar-refractivity contribution in [2.75, 3.05) is 0 Å². The molecule has 4 heteroatoms. The minimum Gasteiger partial charge on any atom is -0.455 e. The zero-order chi connectivity index (χ0) is 11.5. The van der Waals surface area contributed by atoms with E-state index in [-0.39, 0.29) is 0 Å². The summed E-state index contributed by atoms with van der Waals surface area (Å²) in [5.74, 6) is 1.57. The quantitative estimate of drug-likeness (QED) is 0.602. The van der Waals surface area contributed by atoms with E-state index in [1.807, 2.05) is 42.5 Å². The highest BCUT2D eigenvalue weighted by Crippen LogP contribution is 2.36. The molecule has 0 saturated carbocycles. The van der Waals surface area contributed by atoms with Crippen LogP contribution in [0.4, 0.5) is 0 Å². The second-order valence-electron chi connectivity index (χ2n) is 3.11. The average Bonchev–Trinajstić information content (AvgIpc) is 2.24. The van der Waals surface area contributed by atoms with E-state index < -0.39 is 0 Å². The van der Waals surface area contributed by atoms with E-state index in [9.17, 15) is 0 Å². The lowest BCUT2D eigenvalue weighted by Gasteiger charge is -2.09. The second-order valence-corrected chi connectivity index (χ2v) is 5.73. The Kier molecular flexibility index (Phi) is 4.05. The van der Waals surface area contributed by atoms with Gasteiger partial charge in [-0.1, -0.05) is 28.1 Å². The van der Waals surface area contributed by atoms with Gasteiger partial charge in [-0.15, -0.1) is 0 Å². The van der Waals surface area contributed by atoms with Crippen molar-refractivity contribution < 1.29 is 4.74 Å². The molecule has 0 saturated heterocycles. The van der Waals surface area contributed by atoms with Gasteiger partial charge in [-0.25, -0.2) is 0 Å². The summed E-state index contributed by atoms with van der Waals surface area (Å²) in [4.78, 5) is 0. The van der Waals surface area contributed by atoms with E-state index in [1.165, 1.54) is 0 Å². The highest BCUT2D eigenvalue weighted by atomic mass is 79.9. The molecular weight excluding hydrogens is 412 g/mol. The van der Waals surface area contributed by atoms with E-state index in [1.54, 1.807) is 0 Å². The highest BCUT2D eigenvalue weighted by molar-refractivity contribution is 9.11. The number of hydrogen-bond acceptors (Lipinski definition) is 1. The number of benzene rings is 2. The van der Waals surface area contributed by atoms with Gasteiger partial charge in [-0.3, -0.25) is 0 Å². The molecule has 0 bridgehead atoms. The van der Waals surface area contributed by atoms with Gasteiger partial charge in [0.1, 0.15) is 5.75 Å². The normalized spacial score (nSPS) is 10.2. The third kappa shape index (κ3) is 2.87. The Morgan fingerprint density at radius 1 is 0.812 bits per heavy atom. The van der Waals surface area contributed by atoms with Crippen LogP contribution in [0.25, 0.3) is 0 Å². The number of ether oxygens (including phenoxy) is 1. The van der Waals surface area contributed by atoms with Crippen LogP contribution in [0.15, 0.2) is 55.9 Å². The molecule has 0 amide bonds. The summed E-state index contributed by atoms with van der Waals surface area (Å²) in [6, 6.07) is 13.6. The lowest BCUT2D eigenvalue weighted by Crippen LogP contribution is -1.86. The van der Waals surface area contributed by atoms with E-state index >= 15 is 0 Å². The topological polar surface area (TPSA) is 9.23 Å². The Hall–Kier alpha value is -0.320. The molecule has 2 aromatic carbocycles. The van der Waals surface area contributed by atoms with Crippen LogP contribution in [0.3, 0.4) is 0 Å². The summed E-state index contributed by atoms with van der Waals surface area (Å²) in [6.07, 6.45) is 0.